The quantitative estimate of drug-likeness (QED) is 0.383. The van der Waals surface area contributed by atoms with Gasteiger partial charge in [-0.05, 0) is 29.3 Å². The topological polar surface area (TPSA) is 43.4 Å². The molecule has 1 saturated carbocycles. The number of esters is 1. The van der Waals surface area contributed by atoms with Gasteiger partial charge in [-0.15, -0.1) is 0 Å². The van der Waals surface area contributed by atoms with Crippen LogP contribution in [0.2, 0.25) is 0 Å². The smallest absolute Gasteiger partial charge is 0.323 e. The molecule has 5 rings (SSSR count). The second kappa shape index (κ2) is 6.96. The van der Waals surface area contributed by atoms with E-state index in [9.17, 15) is 9.59 Å². The van der Waals surface area contributed by atoms with E-state index in [1.807, 2.05) is 78.9 Å². The fourth-order valence-corrected chi connectivity index (χ4v) is 5.47. The maximum atomic E-state index is 13.6. The predicted molar refractivity (Wildman–Crippen MR) is 114 cm³/mol. The van der Waals surface area contributed by atoms with Gasteiger partial charge in [0.05, 0.1) is 0 Å². The molecule has 29 heavy (non-hydrogen) atoms. The highest BCUT2D eigenvalue weighted by Gasteiger charge is 2.62. The molecular formula is C25H19BrO3. The van der Waals surface area contributed by atoms with Gasteiger partial charge in [-0.2, -0.15) is 0 Å². The Morgan fingerprint density at radius 2 is 1.34 bits per heavy atom. The van der Waals surface area contributed by atoms with E-state index < -0.39 is 5.41 Å². The molecule has 144 valence electrons. The molecule has 1 fully saturated rings. The number of rotatable bonds is 2. The van der Waals surface area contributed by atoms with E-state index in [2.05, 4.69) is 15.9 Å². The molecule has 0 amide bonds. The Balaban J connectivity index is 1.82. The number of hydrogen-bond donors (Lipinski definition) is 0. The predicted octanol–water partition coefficient (Wildman–Crippen LogP) is 5.54. The van der Waals surface area contributed by atoms with E-state index in [1.54, 1.807) is 0 Å². The number of carbonyl (C=O) groups excluding carboxylic acids is 2. The Morgan fingerprint density at radius 3 is 1.90 bits per heavy atom. The van der Waals surface area contributed by atoms with Gasteiger partial charge < -0.3 is 4.74 Å². The molecule has 3 aromatic rings. The zero-order valence-corrected chi connectivity index (χ0v) is 17.3. The number of ketones is 1. The zero-order chi connectivity index (χ0) is 20.0. The van der Waals surface area contributed by atoms with Gasteiger partial charge in [-0.3, -0.25) is 9.59 Å². The van der Waals surface area contributed by atoms with E-state index in [0.717, 1.165) is 21.2 Å². The van der Waals surface area contributed by atoms with Crippen LogP contribution in [0.25, 0.3) is 0 Å². The molecule has 1 aliphatic heterocycles. The third kappa shape index (κ3) is 2.77. The average Bonchev–Trinajstić information content (AvgIpc) is 3.03. The first-order valence-electron chi connectivity index (χ1n) is 9.74. The lowest BCUT2D eigenvalue weighted by atomic mass is 9.54. The highest BCUT2D eigenvalue weighted by molar-refractivity contribution is 9.10. The minimum absolute atomic E-state index is 0.176. The van der Waals surface area contributed by atoms with E-state index in [-0.39, 0.29) is 23.6 Å². The molecule has 3 aromatic carbocycles. The molecule has 0 radical (unpaired) electrons. The third-order valence-electron chi connectivity index (χ3n) is 6.29. The van der Waals surface area contributed by atoms with Crippen molar-refractivity contribution in [3.8, 4) is 5.75 Å². The van der Waals surface area contributed by atoms with E-state index in [0.29, 0.717) is 18.6 Å². The Hall–Kier alpha value is -2.72. The molecular weight excluding hydrogens is 428 g/mol. The average molecular weight is 447 g/mol. The van der Waals surface area contributed by atoms with Crippen LogP contribution >= 0.6 is 15.9 Å². The maximum Gasteiger partial charge on any atom is 0.323 e. The van der Waals surface area contributed by atoms with Crippen molar-refractivity contribution in [3.05, 3.63) is 100 Å². The maximum absolute atomic E-state index is 13.6. The van der Waals surface area contributed by atoms with Crippen LogP contribution in [0.3, 0.4) is 0 Å². The van der Waals surface area contributed by atoms with Gasteiger partial charge in [0.15, 0.2) is 0 Å². The van der Waals surface area contributed by atoms with Gasteiger partial charge in [0.1, 0.15) is 16.9 Å². The molecule has 0 aromatic heterocycles. The van der Waals surface area contributed by atoms with Crippen LogP contribution in [0, 0.1) is 0 Å². The normalized spacial score (nSPS) is 25.7. The summed E-state index contributed by atoms with van der Waals surface area (Å²) in [6.07, 6.45) is 0.656. The number of halogens is 1. The summed E-state index contributed by atoms with van der Waals surface area (Å²) in [5, 5.41) is 0. The van der Waals surface area contributed by atoms with E-state index >= 15 is 0 Å². The fraction of sp³-hybridized carbons (Fsp3) is 0.200. The van der Waals surface area contributed by atoms with Gasteiger partial charge in [0, 0.05) is 34.7 Å². The molecule has 4 heteroatoms. The first-order valence-corrected chi connectivity index (χ1v) is 10.5. The Labute approximate surface area is 177 Å². The number of carbonyl (C=O) groups is 2. The lowest BCUT2D eigenvalue weighted by Crippen LogP contribution is -2.49. The van der Waals surface area contributed by atoms with Crippen LogP contribution in [0.1, 0.15) is 41.4 Å². The van der Waals surface area contributed by atoms with Gasteiger partial charge in [-0.1, -0.05) is 76.6 Å². The molecule has 0 N–H and O–H groups in total. The van der Waals surface area contributed by atoms with Crippen molar-refractivity contribution in [1.82, 2.24) is 0 Å². The molecule has 3 nitrogen and oxygen atoms in total. The summed E-state index contributed by atoms with van der Waals surface area (Å²) in [6, 6.07) is 25.5. The second-order valence-electron chi connectivity index (χ2n) is 7.77. The second-order valence-corrected chi connectivity index (χ2v) is 8.69. The number of ether oxygens (including phenoxy) is 1. The first-order chi connectivity index (χ1) is 14.1. The summed E-state index contributed by atoms with van der Waals surface area (Å²) in [7, 11) is 0. The van der Waals surface area contributed by atoms with Crippen molar-refractivity contribution < 1.29 is 14.3 Å². The first kappa shape index (κ1) is 18.3. The van der Waals surface area contributed by atoms with Crippen molar-refractivity contribution in [2.75, 3.05) is 0 Å². The zero-order valence-electron chi connectivity index (χ0n) is 15.7. The van der Waals surface area contributed by atoms with Crippen LogP contribution < -0.4 is 4.74 Å². The monoisotopic (exact) mass is 446 g/mol. The van der Waals surface area contributed by atoms with Gasteiger partial charge in [0.2, 0.25) is 0 Å². The molecule has 1 heterocycles. The van der Waals surface area contributed by atoms with Crippen LogP contribution in [0.15, 0.2) is 83.3 Å². The van der Waals surface area contributed by atoms with Gasteiger partial charge in [-0.25, -0.2) is 0 Å². The molecule has 1 aliphatic carbocycles. The van der Waals surface area contributed by atoms with Crippen LogP contribution in [0.4, 0.5) is 0 Å². The van der Waals surface area contributed by atoms with Crippen LogP contribution in [-0.2, 0) is 15.0 Å². The Bertz CT molecular complexity index is 1040. The summed E-state index contributed by atoms with van der Waals surface area (Å²) in [5.41, 5.74) is 1.92. The molecule has 1 unspecified atom stereocenters. The van der Waals surface area contributed by atoms with Crippen molar-refractivity contribution in [1.29, 1.82) is 0 Å². The summed E-state index contributed by atoms with van der Waals surface area (Å²) in [5.74, 6) is -0.0544. The Morgan fingerprint density at radius 1 is 0.793 bits per heavy atom. The standard InChI is InChI=1S/C25H19BrO3/c26-18-11-12-23-22(13-18)25(24(28)29-23)20(16-7-3-1-4-8-16)14-19(27)15-21(25)17-9-5-2-6-10-17/h1-13,20-21H,14-15H2/t20-,21+,25?. The lowest BCUT2D eigenvalue weighted by Gasteiger charge is -2.44. The van der Waals surface area contributed by atoms with Crippen molar-refractivity contribution >= 4 is 27.7 Å². The number of benzene rings is 3. The summed E-state index contributed by atoms with van der Waals surface area (Å²) in [4.78, 5) is 26.5. The highest BCUT2D eigenvalue weighted by atomic mass is 79.9. The van der Waals surface area contributed by atoms with E-state index in [1.165, 1.54) is 0 Å². The summed E-state index contributed by atoms with van der Waals surface area (Å²) >= 11 is 3.57. The highest BCUT2D eigenvalue weighted by Crippen LogP contribution is 2.60. The van der Waals surface area contributed by atoms with Crippen molar-refractivity contribution in [2.24, 2.45) is 0 Å². The third-order valence-corrected chi connectivity index (χ3v) is 6.79. The fourth-order valence-electron chi connectivity index (χ4n) is 5.10. The number of hydrogen-bond acceptors (Lipinski definition) is 3. The lowest BCUT2D eigenvalue weighted by molar-refractivity contribution is -0.142. The molecule has 0 saturated heterocycles. The molecule has 3 atom stereocenters. The van der Waals surface area contributed by atoms with Gasteiger partial charge >= 0.3 is 5.97 Å². The van der Waals surface area contributed by atoms with Gasteiger partial charge in [0.25, 0.3) is 0 Å². The SMILES string of the molecule is O=C1C[C@H](c2ccccc2)C2(C(=O)Oc3ccc(Br)cc32)[C@H](c2ccccc2)C1. The minimum atomic E-state index is -0.935. The minimum Gasteiger partial charge on any atom is -0.426 e. The van der Waals surface area contributed by atoms with E-state index in [4.69, 9.17) is 4.74 Å². The van der Waals surface area contributed by atoms with Crippen LogP contribution in [-0.4, -0.2) is 11.8 Å². The largest absolute Gasteiger partial charge is 0.426 e. The van der Waals surface area contributed by atoms with Crippen molar-refractivity contribution in [2.45, 2.75) is 30.1 Å². The Kier molecular flexibility index (Phi) is 4.39. The summed E-state index contributed by atoms with van der Waals surface area (Å²) in [6.45, 7) is 0. The van der Waals surface area contributed by atoms with Crippen LogP contribution in [0.5, 0.6) is 5.75 Å². The number of Topliss-reactive ketones (excluding diaryl/α,β-unsaturated/α-hetero) is 1. The number of fused-ring (bicyclic) bond motifs is 2. The summed E-state index contributed by atoms with van der Waals surface area (Å²) < 4.78 is 6.72. The molecule has 2 aliphatic rings. The molecule has 1 spiro atoms. The van der Waals surface area contributed by atoms with Crippen molar-refractivity contribution in [3.63, 3.8) is 0 Å². The molecule has 0 bridgehead atoms.